The van der Waals surface area contributed by atoms with Crippen LogP contribution < -0.4 is 0 Å². The van der Waals surface area contributed by atoms with Gasteiger partial charge in [-0.15, -0.1) is 0 Å². The van der Waals surface area contributed by atoms with Crippen molar-refractivity contribution in [2.45, 2.75) is 66.3 Å². The van der Waals surface area contributed by atoms with E-state index in [9.17, 15) is 9.59 Å². The first-order chi connectivity index (χ1) is 10.1. The van der Waals surface area contributed by atoms with Crippen LogP contribution in [0, 0.1) is 23.7 Å². The van der Waals surface area contributed by atoms with Gasteiger partial charge in [-0.1, -0.05) is 33.8 Å². The van der Waals surface area contributed by atoms with Gasteiger partial charge in [0.2, 0.25) is 0 Å². The van der Waals surface area contributed by atoms with E-state index < -0.39 is 5.60 Å². The summed E-state index contributed by atoms with van der Waals surface area (Å²) in [6.07, 6.45) is 1.71. The molecule has 0 aromatic rings. The fourth-order valence-electron chi connectivity index (χ4n) is 4.46. The number of carbonyl (C=O) groups is 2. The minimum absolute atomic E-state index is 0.0408. The van der Waals surface area contributed by atoms with E-state index in [0.29, 0.717) is 0 Å². The van der Waals surface area contributed by atoms with E-state index in [4.69, 9.17) is 9.47 Å². The number of carbonyl (C=O) groups excluding carboxylic acids is 2. The zero-order valence-corrected chi connectivity index (χ0v) is 14.7. The zero-order chi connectivity index (χ0) is 16.8. The van der Waals surface area contributed by atoms with Crippen LogP contribution in [0.3, 0.4) is 0 Å². The summed E-state index contributed by atoms with van der Waals surface area (Å²) in [7, 11) is 0. The Morgan fingerprint density at radius 1 is 1.23 bits per heavy atom. The molecule has 0 saturated carbocycles. The predicted octanol–water partition coefficient (Wildman–Crippen LogP) is 3.15. The van der Waals surface area contributed by atoms with E-state index in [1.165, 1.54) is 6.92 Å². The Kier molecular flexibility index (Phi) is 4.54. The molecule has 0 aromatic carbocycles. The lowest BCUT2D eigenvalue weighted by atomic mass is 9.60. The van der Waals surface area contributed by atoms with Gasteiger partial charge in [-0.3, -0.25) is 9.59 Å². The summed E-state index contributed by atoms with van der Waals surface area (Å²) < 4.78 is 12.1. The van der Waals surface area contributed by atoms with Crippen molar-refractivity contribution in [3.63, 3.8) is 0 Å². The average molecular weight is 308 g/mol. The Morgan fingerprint density at radius 2 is 1.82 bits per heavy atom. The molecule has 0 aromatic heterocycles. The summed E-state index contributed by atoms with van der Waals surface area (Å²) in [5.41, 5.74) is 0.194. The second-order valence-electron chi connectivity index (χ2n) is 7.12. The van der Waals surface area contributed by atoms with Crippen LogP contribution in [-0.2, 0) is 19.1 Å². The van der Waals surface area contributed by atoms with Crippen molar-refractivity contribution >= 4 is 11.8 Å². The summed E-state index contributed by atoms with van der Waals surface area (Å²) in [5, 5.41) is 0. The van der Waals surface area contributed by atoms with Crippen LogP contribution in [0.4, 0.5) is 0 Å². The maximum absolute atomic E-state index is 12.6. The van der Waals surface area contributed by atoms with E-state index >= 15 is 0 Å². The molecule has 124 valence electrons. The van der Waals surface area contributed by atoms with Gasteiger partial charge in [-0.25, -0.2) is 0 Å². The summed E-state index contributed by atoms with van der Waals surface area (Å²) >= 11 is 0. The Hall–Kier alpha value is -1.16. The Morgan fingerprint density at radius 3 is 2.36 bits per heavy atom. The molecule has 1 aliphatic carbocycles. The van der Waals surface area contributed by atoms with Gasteiger partial charge >= 0.3 is 5.97 Å². The third-order valence-corrected chi connectivity index (χ3v) is 5.83. The van der Waals surface area contributed by atoms with Gasteiger partial charge in [-0.05, 0) is 19.4 Å². The van der Waals surface area contributed by atoms with E-state index in [-0.39, 0.29) is 47.6 Å². The smallest absolute Gasteiger partial charge is 0.302 e. The Bertz CT molecular complexity index is 509. The third kappa shape index (κ3) is 2.41. The third-order valence-electron chi connectivity index (χ3n) is 5.83. The van der Waals surface area contributed by atoms with Crippen molar-refractivity contribution in [3.8, 4) is 0 Å². The summed E-state index contributed by atoms with van der Waals surface area (Å²) in [6, 6.07) is 0. The van der Waals surface area contributed by atoms with Crippen molar-refractivity contribution in [1.82, 2.24) is 0 Å². The number of hydrogen-bond donors (Lipinski definition) is 0. The van der Waals surface area contributed by atoms with Crippen molar-refractivity contribution in [3.05, 3.63) is 11.6 Å². The molecule has 4 heteroatoms. The zero-order valence-electron chi connectivity index (χ0n) is 14.7. The fourth-order valence-corrected chi connectivity index (χ4v) is 4.46. The molecule has 1 heterocycles. The van der Waals surface area contributed by atoms with Crippen molar-refractivity contribution in [2.24, 2.45) is 23.7 Å². The lowest BCUT2D eigenvalue weighted by Gasteiger charge is -2.57. The molecule has 0 radical (unpaired) electrons. The van der Waals surface area contributed by atoms with Crippen LogP contribution in [0.2, 0.25) is 0 Å². The summed E-state index contributed by atoms with van der Waals surface area (Å²) in [6.45, 7) is 13.4. The highest BCUT2D eigenvalue weighted by Crippen LogP contribution is 2.50. The molecule has 1 fully saturated rings. The average Bonchev–Trinajstić information content (AvgIpc) is 2.44. The molecule has 0 N–H and O–H groups in total. The van der Waals surface area contributed by atoms with Gasteiger partial charge in [0.25, 0.3) is 0 Å². The Balaban J connectivity index is 2.48. The second kappa shape index (κ2) is 5.80. The van der Waals surface area contributed by atoms with Crippen LogP contribution in [0.25, 0.3) is 0 Å². The number of allylic oxidation sites excluding steroid dienone is 1. The first-order valence-corrected chi connectivity index (χ1v) is 8.20. The molecule has 1 saturated heterocycles. The molecule has 0 amide bonds. The molecule has 1 spiro atoms. The van der Waals surface area contributed by atoms with Gasteiger partial charge in [0, 0.05) is 30.6 Å². The minimum Gasteiger partial charge on any atom is -0.462 e. The molecule has 22 heavy (non-hydrogen) atoms. The number of rotatable bonds is 1. The highest BCUT2D eigenvalue weighted by atomic mass is 16.6. The predicted molar refractivity (Wildman–Crippen MR) is 84.3 cm³/mol. The second-order valence-corrected chi connectivity index (χ2v) is 7.12. The minimum atomic E-state index is -0.608. The van der Waals surface area contributed by atoms with Crippen molar-refractivity contribution < 1.29 is 19.1 Å². The van der Waals surface area contributed by atoms with Crippen LogP contribution in [0.5, 0.6) is 0 Å². The van der Waals surface area contributed by atoms with Crippen molar-refractivity contribution in [2.75, 3.05) is 0 Å². The maximum atomic E-state index is 12.6. The van der Waals surface area contributed by atoms with Gasteiger partial charge in [0.05, 0.1) is 11.7 Å². The van der Waals surface area contributed by atoms with E-state index in [0.717, 1.165) is 5.57 Å². The maximum Gasteiger partial charge on any atom is 0.302 e. The standard InChI is InChI=1S/C18H28O4/c1-9-8-10(2)18(12(4)16(9)20)13(5)17(21-15(7)19)11(3)14(6)22-18/h8,10-14,17H,1-7H3/t10-,11+,12-,13+,14+,17+,18-/m0/s1. The number of ether oxygens (including phenoxy) is 2. The molecule has 1 aliphatic heterocycles. The van der Waals surface area contributed by atoms with Gasteiger partial charge in [0.15, 0.2) is 5.78 Å². The van der Waals surface area contributed by atoms with Gasteiger partial charge < -0.3 is 9.47 Å². The van der Waals surface area contributed by atoms with E-state index in [1.54, 1.807) is 0 Å². The molecule has 7 atom stereocenters. The molecular formula is C18H28O4. The topological polar surface area (TPSA) is 52.6 Å². The number of esters is 1. The largest absolute Gasteiger partial charge is 0.462 e. The monoisotopic (exact) mass is 308 g/mol. The number of ketones is 1. The number of hydrogen-bond acceptors (Lipinski definition) is 4. The molecule has 4 nitrogen and oxygen atoms in total. The lowest BCUT2D eigenvalue weighted by Crippen LogP contribution is -2.65. The van der Waals surface area contributed by atoms with E-state index in [2.05, 4.69) is 6.92 Å². The summed E-state index contributed by atoms with van der Waals surface area (Å²) in [5.74, 6) is -0.221. The fraction of sp³-hybridized carbons (Fsp3) is 0.778. The molecular weight excluding hydrogens is 280 g/mol. The molecule has 0 unspecified atom stereocenters. The molecule has 2 aliphatic rings. The highest BCUT2D eigenvalue weighted by Gasteiger charge is 2.59. The van der Waals surface area contributed by atoms with Crippen LogP contribution in [-0.4, -0.2) is 29.6 Å². The molecule has 2 rings (SSSR count). The van der Waals surface area contributed by atoms with Gasteiger partial charge in [-0.2, -0.15) is 0 Å². The van der Waals surface area contributed by atoms with Crippen LogP contribution >= 0.6 is 0 Å². The van der Waals surface area contributed by atoms with Crippen LogP contribution in [0.15, 0.2) is 11.6 Å². The first-order valence-electron chi connectivity index (χ1n) is 8.20. The van der Waals surface area contributed by atoms with Crippen molar-refractivity contribution in [1.29, 1.82) is 0 Å². The van der Waals surface area contributed by atoms with Gasteiger partial charge in [0.1, 0.15) is 6.10 Å². The quantitative estimate of drug-likeness (QED) is 0.698. The van der Waals surface area contributed by atoms with Crippen LogP contribution in [0.1, 0.15) is 48.5 Å². The Labute approximate surface area is 133 Å². The SMILES string of the molecule is CC(=O)O[C@@H]1[C@H](C)[C@@H](C)O[C@@]2([C@@H]1C)[C@@H](C)C=C(C)C(=O)[C@@H]2C. The first kappa shape index (κ1) is 17.2. The van der Waals surface area contributed by atoms with E-state index in [1.807, 2.05) is 40.7 Å². The normalized spacial score (nSPS) is 45.6. The number of Topliss-reactive ketones (excluding diaryl/α,β-unsaturated/α-hetero) is 1. The highest BCUT2D eigenvalue weighted by molar-refractivity contribution is 5.98. The summed E-state index contributed by atoms with van der Waals surface area (Å²) in [4.78, 5) is 24.1. The molecule has 0 bridgehead atoms. The lowest BCUT2D eigenvalue weighted by molar-refractivity contribution is -0.253.